The van der Waals surface area contributed by atoms with Crippen molar-refractivity contribution in [2.75, 3.05) is 0 Å². The molecule has 0 saturated carbocycles. The van der Waals surface area contributed by atoms with Gasteiger partial charge in [-0.3, -0.25) is 0 Å². The molecule has 0 amide bonds. The molecule has 2 aromatic heterocycles. The Morgan fingerprint density at radius 2 is 1.02 bits per heavy atom. The molecule has 7 aromatic carbocycles. The van der Waals surface area contributed by atoms with Gasteiger partial charge in [0.05, 0.1) is 11.0 Å². The smallest absolute Gasteiger partial charge is 0.164 e. The minimum Gasteiger partial charge on any atom is -0.309 e. The molecule has 0 aliphatic carbocycles. The summed E-state index contributed by atoms with van der Waals surface area (Å²) in [6.07, 6.45) is 0. The predicted molar refractivity (Wildman–Crippen MR) is 206 cm³/mol. The second-order valence-corrected chi connectivity index (χ2v) is 12.7. The van der Waals surface area contributed by atoms with Crippen LogP contribution in [-0.2, 0) is 0 Å². The van der Waals surface area contributed by atoms with Crippen LogP contribution in [0.2, 0.25) is 0 Å². The predicted octanol–water partition coefficient (Wildman–Crippen LogP) is 11.8. The quantitative estimate of drug-likeness (QED) is 0.179. The number of hydrogen-bond donors (Lipinski definition) is 0. The highest BCUT2D eigenvalue weighted by Gasteiger charge is 2.20. The van der Waals surface area contributed by atoms with Crippen LogP contribution in [0.15, 0.2) is 170 Å². The molecule has 4 nitrogen and oxygen atoms in total. The van der Waals surface area contributed by atoms with Crippen molar-refractivity contribution < 1.29 is 4.39 Å². The average Bonchev–Trinajstić information content (AvgIpc) is 3.52. The van der Waals surface area contributed by atoms with Gasteiger partial charge in [0, 0.05) is 33.2 Å². The van der Waals surface area contributed by atoms with E-state index in [1.54, 1.807) is 12.1 Å². The van der Waals surface area contributed by atoms with Crippen LogP contribution in [0, 0.1) is 12.7 Å². The Labute approximate surface area is 295 Å². The number of rotatable bonds is 6. The molecule has 0 aliphatic heterocycles. The van der Waals surface area contributed by atoms with Gasteiger partial charge in [-0.2, -0.15) is 0 Å². The monoisotopic (exact) mass is 658 g/mol. The summed E-state index contributed by atoms with van der Waals surface area (Å²) in [5.74, 6) is 1.33. The topological polar surface area (TPSA) is 43.6 Å². The number of benzene rings is 7. The molecule has 0 spiro atoms. The van der Waals surface area contributed by atoms with Crippen molar-refractivity contribution >= 4 is 21.8 Å². The van der Waals surface area contributed by atoms with Crippen LogP contribution in [0.1, 0.15) is 5.56 Å². The third kappa shape index (κ3) is 5.55. The number of fused-ring (bicyclic) bond motifs is 3. The van der Waals surface area contributed by atoms with Gasteiger partial charge in [0.15, 0.2) is 17.5 Å². The summed E-state index contributed by atoms with van der Waals surface area (Å²) in [5, 5.41) is 2.33. The molecule has 0 saturated heterocycles. The van der Waals surface area contributed by atoms with Crippen LogP contribution in [0.3, 0.4) is 0 Å². The molecule has 242 valence electrons. The van der Waals surface area contributed by atoms with Crippen molar-refractivity contribution in [3.63, 3.8) is 0 Å². The van der Waals surface area contributed by atoms with E-state index >= 15 is 0 Å². The molecule has 9 aromatic rings. The van der Waals surface area contributed by atoms with Crippen LogP contribution in [0.25, 0.3) is 83.9 Å². The summed E-state index contributed by atoms with van der Waals surface area (Å²) in [5.41, 5.74) is 10.8. The summed E-state index contributed by atoms with van der Waals surface area (Å²) in [6.45, 7) is 2.15. The fourth-order valence-corrected chi connectivity index (χ4v) is 7.01. The SMILES string of the molecule is Cc1ccccc1-c1ccc2c3ccccc3n(-c3ccc(-c4cccc(F)c4)c(-c4nc(-c5ccccc5)nc(-c5ccccc5)n4)c3)c2c1. The number of hydrogen-bond acceptors (Lipinski definition) is 3. The number of para-hydroxylation sites is 1. The molecular formula is C46H31FN4. The van der Waals surface area contributed by atoms with E-state index in [0.717, 1.165) is 60.9 Å². The molecule has 0 fully saturated rings. The van der Waals surface area contributed by atoms with E-state index in [1.807, 2.05) is 66.7 Å². The maximum absolute atomic E-state index is 14.8. The number of nitrogens with zero attached hydrogens (tertiary/aromatic N) is 4. The number of aryl methyl sites for hydroxylation is 1. The maximum Gasteiger partial charge on any atom is 0.164 e. The van der Waals surface area contributed by atoms with Crippen molar-refractivity contribution in [3.8, 4) is 62.1 Å². The van der Waals surface area contributed by atoms with E-state index in [9.17, 15) is 4.39 Å². The van der Waals surface area contributed by atoms with Crippen LogP contribution in [0.4, 0.5) is 4.39 Å². The summed E-state index contributed by atoms with van der Waals surface area (Å²) < 4.78 is 17.1. The van der Waals surface area contributed by atoms with Crippen molar-refractivity contribution in [2.45, 2.75) is 6.92 Å². The minimum absolute atomic E-state index is 0.306. The zero-order valence-electron chi connectivity index (χ0n) is 27.8. The van der Waals surface area contributed by atoms with Crippen LogP contribution in [-0.4, -0.2) is 19.5 Å². The number of halogens is 1. The fourth-order valence-electron chi connectivity index (χ4n) is 7.01. The van der Waals surface area contributed by atoms with Gasteiger partial charge in [0.1, 0.15) is 5.82 Å². The van der Waals surface area contributed by atoms with E-state index in [0.29, 0.717) is 17.5 Å². The molecule has 51 heavy (non-hydrogen) atoms. The Kier molecular flexibility index (Phi) is 7.51. The van der Waals surface area contributed by atoms with Crippen molar-refractivity contribution in [3.05, 3.63) is 181 Å². The second kappa shape index (κ2) is 12.6. The summed E-state index contributed by atoms with van der Waals surface area (Å²) in [6, 6.07) is 56.5. The minimum atomic E-state index is -0.306. The lowest BCUT2D eigenvalue weighted by Gasteiger charge is -2.16. The largest absolute Gasteiger partial charge is 0.309 e. The van der Waals surface area contributed by atoms with Gasteiger partial charge in [-0.1, -0.05) is 133 Å². The van der Waals surface area contributed by atoms with E-state index in [4.69, 9.17) is 15.0 Å². The molecule has 0 N–H and O–H groups in total. The van der Waals surface area contributed by atoms with Gasteiger partial charge in [-0.25, -0.2) is 19.3 Å². The third-order valence-corrected chi connectivity index (χ3v) is 9.47. The normalized spacial score (nSPS) is 11.3. The summed E-state index contributed by atoms with van der Waals surface area (Å²) >= 11 is 0. The van der Waals surface area contributed by atoms with Crippen LogP contribution >= 0.6 is 0 Å². The van der Waals surface area contributed by atoms with Crippen molar-refractivity contribution in [1.82, 2.24) is 19.5 Å². The van der Waals surface area contributed by atoms with Gasteiger partial charge >= 0.3 is 0 Å². The Hall–Kier alpha value is -6.72. The van der Waals surface area contributed by atoms with Gasteiger partial charge in [0.2, 0.25) is 0 Å². The van der Waals surface area contributed by atoms with Gasteiger partial charge < -0.3 is 4.57 Å². The highest BCUT2D eigenvalue weighted by atomic mass is 19.1. The standard InChI is InChI=1S/C46H31FN4/c1-30-13-8-9-20-37(30)34-23-25-40-39-21-10-11-22-42(39)51(43(40)28-34)36-24-26-38(33-18-12-19-35(47)27-33)41(29-36)46-49-44(31-14-4-2-5-15-31)48-45(50-46)32-16-6-3-7-17-32/h2-29H,1H3. The Morgan fingerprint density at radius 3 is 1.75 bits per heavy atom. The lowest BCUT2D eigenvalue weighted by Crippen LogP contribution is -2.02. The first-order valence-electron chi connectivity index (χ1n) is 17.0. The summed E-state index contributed by atoms with van der Waals surface area (Å²) in [4.78, 5) is 15.1. The first-order chi connectivity index (χ1) is 25.1. The number of aromatic nitrogens is 4. The molecule has 5 heteroatoms. The molecule has 0 atom stereocenters. The van der Waals surface area contributed by atoms with Crippen molar-refractivity contribution in [2.24, 2.45) is 0 Å². The highest BCUT2D eigenvalue weighted by molar-refractivity contribution is 6.10. The molecule has 0 bridgehead atoms. The van der Waals surface area contributed by atoms with Crippen LogP contribution < -0.4 is 0 Å². The third-order valence-electron chi connectivity index (χ3n) is 9.47. The van der Waals surface area contributed by atoms with Gasteiger partial charge in [-0.05, 0) is 71.1 Å². The van der Waals surface area contributed by atoms with Crippen molar-refractivity contribution in [1.29, 1.82) is 0 Å². The van der Waals surface area contributed by atoms with Gasteiger partial charge in [0.25, 0.3) is 0 Å². The van der Waals surface area contributed by atoms with E-state index in [-0.39, 0.29) is 5.82 Å². The fraction of sp³-hybridized carbons (Fsp3) is 0.0217. The Morgan fingerprint density at radius 1 is 0.412 bits per heavy atom. The van der Waals surface area contributed by atoms with E-state index < -0.39 is 0 Å². The Bertz CT molecular complexity index is 2660. The molecule has 0 unspecified atom stereocenters. The Balaban J connectivity index is 1.33. The maximum atomic E-state index is 14.8. The molecule has 2 heterocycles. The average molecular weight is 659 g/mol. The lowest BCUT2D eigenvalue weighted by molar-refractivity contribution is 0.628. The molecule has 0 radical (unpaired) electrons. The zero-order valence-corrected chi connectivity index (χ0v) is 27.8. The zero-order chi connectivity index (χ0) is 34.3. The molecular weight excluding hydrogens is 628 g/mol. The second-order valence-electron chi connectivity index (χ2n) is 12.7. The lowest BCUT2D eigenvalue weighted by atomic mass is 9.97. The first kappa shape index (κ1) is 30.3. The van der Waals surface area contributed by atoms with E-state index in [1.165, 1.54) is 17.2 Å². The highest BCUT2D eigenvalue weighted by Crippen LogP contribution is 2.39. The van der Waals surface area contributed by atoms with Crippen LogP contribution in [0.5, 0.6) is 0 Å². The summed E-state index contributed by atoms with van der Waals surface area (Å²) in [7, 11) is 0. The molecule has 9 rings (SSSR count). The first-order valence-corrected chi connectivity index (χ1v) is 17.0. The van der Waals surface area contributed by atoms with E-state index in [2.05, 4.69) is 96.4 Å². The van der Waals surface area contributed by atoms with Gasteiger partial charge in [-0.15, -0.1) is 0 Å². The molecule has 0 aliphatic rings.